The predicted octanol–water partition coefficient (Wildman–Crippen LogP) is 3.88. The van der Waals surface area contributed by atoms with E-state index in [0.29, 0.717) is 29.5 Å². The Bertz CT molecular complexity index is 704. The van der Waals surface area contributed by atoms with E-state index in [4.69, 9.17) is 9.47 Å². The Labute approximate surface area is 155 Å². The van der Waals surface area contributed by atoms with Crippen LogP contribution in [0.3, 0.4) is 0 Å². The molecule has 0 spiro atoms. The van der Waals surface area contributed by atoms with Crippen molar-refractivity contribution in [3.63, 3.8) is 0 Å². The SMILES string of the molecule is COc1cc(C(=O)NCC(Nc2ccccc2)C(C)C)cc(OC)c1C. The fourth-order valence-corrected chi connectivity index (χ4v) is 2.72. The van der Waals surface area contributed by atoms with Gasteiger partial charge in [0.2, 0.25) is 0 Å². The van der Waals surface area contributed by atoms with Gasteiger partial charge in [-0.2, -0.15) is 0 Å². The molecular formula is C21H28N2O3. The van der Waals surface area contributed by atoms with Gasteiger partial charge in [0.15, 0.2) is 0 Å². The predicted molar refractivity (Wildman–Crippen MR) is 105 cm³/mol. The normalized spacial score (nSPS) is 11.8. The van der Waals surface area contributed by atoms with Crippen LogP contribution < -0.4 is 20.1 Å². The van der Waals surface area contributed by atoms with E-state index in [2.05, 4.69) is 24.5 Å². The van der Waals surface area contributed by atoms with Crippen molar-refractivity contribution in [1.82, 2.24) is 5.32 Å². The van der Waals surface area contributed by atoms with Crippen LogP contribution in [-0.4, -0.2) is 32.7 Å². The number of benzene rings is 2. The number of hydrogen-bond donors (Lipinski definition) is 2. The summed E-state index contributed by atoms with van der Waals surface area (Å²) in [5.41, 5.74) is 2.43. The highest BCUT2D eigenvalue weighted by Gasteiger charge is 2.17. The third-order valence-electron chi connectivity index (χ3n) is 4.43. The summed E-state index contributed by atoms with van der Waals surface area (Å²) in [6.07, 6.45) is 0. The van der Waals surface area contributed by atoms with Crippen LogP contribution in [-0.2, 0) is 0 Å². The Morgan fingerprint density at radius 1 is 1.04 bits per heavy atom. The zero-order chi connectivity index (χ0) is 19.1. The summed E-state index contributed by atoms with van der Waals surface area (Å²) in [6.45, 7) is 6.68. The minimum Gasteiger partial charge on any atom is -0.496 e. The number of nitrogens with one attached hydrogen (secondary N) is 2. The van der Waals surface area contributed by atoms with Gasteiger partial charge in [-0.05, 0) is 37.1 Å². The van der Waals surface area contributed by atoms with E-state index in [-0.39, 0.29) is 11.9 Å². The number of rotatable bonds is 8. The van der Waals surface area contributed by atoms with E-state index in [0.717, 1.165) is 11.3 Å². The van der Waals surface area contributed by atoms with Crippen LogP contribution in [0.4, 0.5) is 5.69 Å². The summed E-state index contributed by atoms with van der Waals surface area (Å²) in [4.78, 5) is 12.6. The first-order chi connectivity index (χ1) is 12.5. The quantitative estimate of drug-likeness (QED) is 0.754. The van der Waals surface area contributed by atoms with E-state index < -0.39 is 0 Å². The molecule has 0 saturated heterocycles. The second-order valence-electron chi connectivity index (χ2n) is 6.58. The van der Waals surface area contributed by atoms with Gasteiger partial charge in [0, 0.05) is 29.4 Å². The number of carbonyl (C=O) groups is 1. The van der Waals surface area contributed by atoms with Crippen LogP contribution in [0, 0.1) is 12.8 Å². The number of carbonyl (C=O) groups excluding carboxylic acids is 1. The molecule has 0 fully saturated rings. The van der Waals surface area contributed by atoms with Crippen molar-refractivity contribution < 1.29 is 14.3 Å². The van der Waals surface area contributed by atoms with Gasteiger partial charge in [-0.25, -0.2) is 0 Å². The average molecular weight is 356 g/mol. The van der Waals surface area contributed by atoms with Gasteiger partial charge in [0.05, 0.1) is 14.2 Å². The number of para-hydroxylation sites is 1. The molecule has 1 unspecified atom stereocenters. The lowest BCUT2D eigenvalue weighted by Gasteiger charge is -2.24. The number of hydrogen-bond acceptors (Lipinski definition) is 4. The highest BCUT2D eigenvalue weighted by atomic mass is 16.5. The molecule has 0 aliphatic carbocycles. The second kappa shape index (κ2) is 9.13. The highest BCUT2D eigenvalue weighted by Crippen LogP contribution is 2.29. The van der Waals surface area contributed by atoms with Gasteiger partial charge in [0.1, 0.15) is 11.5 Å². The standard InChI is InChI=1S/C21H28N2O3/c1-14(2)18(23-17-9-7-6-8-10-17)13-22-21(24)16-11-19(25-4)15(3)20(12-16)26-5/h6-12,14,18,23H,13H2,1-5H3,(H,22,24). The summed E-state index contributed by atoms with van der Waals surface area (Å²) in [5, 5.41) is 6.49. The van der Waals surface area contributed by atoms with E-state index in [9.17, 15) is 4.79 Å². The fourth-order valence-electron chi connectivity index (χ4n) is 2.72. The molecule has 2 aromatic carbocycles. The van der Waals surface area contributed by atoms with Crippen LogP contribution in [0.2, 0.25) is 0 Å². The van der Waals surface area contributed by atoms with Gasteiger partial charge in [-0.1, -0.05) is 32.0 Å². The molecule has 1 amide bonds. The van der Waals surface area contributed by atoms with E-state index in [1.165, 1.54) is 0 Å². The lowest BCUT2D eigenvalue weighted by atomic mass is 10.0. The summed E-state index contributed by atoms with van der Waals surface area (Å²) in [5.74, 6) is 1.48. The molecule has 5 nitrogen and oxygen atoms in total. The van der Waals surface area contributed by atoms with Gasteiger partial charge < -0.3 is 20.1 Å². The molecule has 5 heteroatoms. The summed E-state index contributed by atoms with van der Waals surface area (Å²) < 4.78 is 10.7. The van der Waals surface area contributed by atoms with Gasteiger partial charge >= 0.3 is 0 Å². The van der Waals surface area contributed by atoms with E-state index >= 15 is 0 Å². The third-order valence-corrected chi connectivity index (χ3v) is 4.43. The van der Waals surface area contributed by atoms with Crippen molar-refractivity contribution in [2.45, 2.75) is 26.8 Å². The summed E-state index contributed by atoms with van der Waals surface area (Å²) in [7, 11) is 3.17. The lowest BCUT2D eigenvalue weighted by Crippen LogP contribution is -2.39. The van der Waals surface area contributed by atoms with Crippen LogP contribution in [0.1, 0.15) is 29.8 Å². The number of ether oxygens (including phenoxy) is 2. The largest absolute Gasteiger partial charge is 0.496 e. The van der Waals surface area contributed by atoms with Gasteiger partial charge in [-0.3, -0.25) is 4.79 Å². The molecule has 140 valence electrons. The van der Waals surface area contributed by atoms with Crippen molar-refractivity contribution in [2.75, 3.05) is 26.1 Å². The molecule has 26 heavy (non-hydrogen) atoms. The molecule has 2 N–H and O–H groups in total. The first-order valence-electron chi connectivity index (χ1n) is 8.78. The number of anilines is 1. The Kier molecular flexibility index (Phi) is 6.89. The fraction of sp³-hybridized carbons (Fsp3) is 0.381. The maximum absolute atomic E-state index is 12.6. The van der Waals surface area contributed by atoms with Crippen molar-refractivity contribution >= 4 is 11.6 Å². The van der Waals surface area contributed by atoms with Crippen molar-refractivity contribution in [1.29, 1.82) is 0 Å². The van der Waals surface area contributed by atoms with Gasteiger partial charge in [0.25, 0.3) is 5.91 Å². The van der Waals surface area contributed by atoms with Gasteiger partial charge in [-0.15, -0.1) is 0 Å². The molecule has 0 aromatic heterocycles. The van der Waals surface area contributed by atoms with Crippen molar-refractivity contribution in [3.8, 4) is 11.5 Å². The molecule has 0 heterocycles. The minimum absolute atomic E-state index is 0.121. The van der Waals surface area contributed by atoms with Crippen LogP contribution in [0.5, 0.6) is 11.5 Å². The van der Waals surface area contributed by atoms with Crippen molar-refractivity contribution in [3.05, 3.63) is 53.6 Å². The molecular weight excluding hydrogens is 328 g/mol. The van der Waals surface area contributed by atoms with Crippen LogP contribution >= 0.6 is 0 Å². The Balaban J connectivity index is 2.08. The molecule has 2 rings (SSSR count). The Hall–Kier alpha value is -2.69. The summed E-state index contributed by atoms with van der Waals surface area (Å²) >= 11 is 0. The topological polar surface area (TPSA) is 59.6 Å². The summed E-state index contributed by atoms with van der Waals surface area (Å²) in [6, 6.07) is 13.6. The molecule has 0 saturated carbocycles. The van der Waals surface area contributed by atoms with Crippen LogP contribution in [0.15, 0.2) is 42.5 Å². The molecule has 1 atom stereocenters. The highest BCUT2D eigenvalue weighted by molar-refractivity contribution is 5.95. The maximum atomic E-state index is 12.6. The number of methoxy groups -OCH3 is 2. The Morgan fingerprint density at radius 3 is 2.12 bits per heavy atom. The molecule has 0 aliphatic rings. The molecule has 2 aromatic rings. The minimum atomic E-state index is -0.151. The first-order valence-corrected chi connectivity index (χ1v) is 8.78. The van der Waals surface area contributed by atoms with Crippen LogP contribution in [0.25, 0.3) is 0 Å². The Morgan fingerprint density at radius 2 is 1.62 bits per heavy atom. The molecule has 0 radical (unpaired) electrons. The van der Waals surface area contributed by atoms with Crippen molar-refractivity contribution in [2.24, 2.45) is 5.92 Å². The monoisotopic (exact) mass is 356 g/mol. The third kappa shape index (κ3) is 4.91. The zero-order valence-electron chi connectivity index (χ0n) is 16.1. The lowest BCUT2D eigenvalue weighted by molar-refractivity contribution is 0.0949. The van der Waals surface area contributed by atoms with E-state index in [1.807, 2.05) is 37.3 Å². The average Bonchev–Trinajstić information content (AvgIpc) is 2.65. The maximum Gasteiger partial charge on any atom is 0.251 e. The number of amides is 1. The molecule has 0 bridgehead atoms. The van der Waals surface area contributed by atoms with E-state index in [1.54, 1.807) is 26.4 Å². The smallest absolute Gasteiger partial charge is 0.251 e. The second-order valence-corrected chi connectivity index (χ2v) is 6.58. The molecule has 0 aliphatic heterocycles. The first kappa shape index (κ1) is 19.6. The zero-order valence-corrected chi connectivity index (χ0v) is 16.1.